The minimum absolute atomic E-state index is 0.00961. The highest BCUT2D eigenvalue weighted by Crippen LogP contribution is 2.15. The summed E-state index contributed by atoms with van der Waals surface area (Å²) in [5.41, 5.74) is 11.9. The van der Waals surface area contributed by atoms with Crippen LogP contribution in [0.1, 0.15) is 129 Å². The Balaban J connectivity index is 2.04. The van der Waals surface area contributed by atoms with E-state index in [1.165, 1.54) is 32.1 Å². The quantitative estimate of drug-likeness (QED) is 0.0251. The number of aliphatic imine (C=N–C) groups is 1. The zero-order valence-electron chi connectivity index (χ0n) is 34.3. The number of amides is 2. The van der Waals surface area contributed by atoms with Gasteiger partial charge < -0.3 is 41.0 Å². The summed E-state index contributed by atoms with van der Waals surface area (Å²) in [5.74, 6) is -2.90. The summed E-state index contributed by atoms with van der Waals surface area (Å²) >= 11 is 0. The summed E-state index contributed by atoms with van der Waals surface area (Å²) in [4.78, 5) is 69.4. The summed E-state index contributed by atoms with van der Waals surface area (Å²) < 4.78 is 21.9. The molecule has 0 aromatic heterocycles. The largest absolute Gasteiger partial charge is 0.464 e. The Morgan fingerprint density at radius 1 is 0.632 bits per heavy atom. The van der Waals surface area contributed by atoms with Crippen molar-refractivity contribution in [1.82, 2.24) is 10.6 Å². The van der Waals surface area contributed by atoms with Gasteiger partial charge in [0.2, 0.25) is 5.91 Å². The fraction of sp³-hybridized carbons (Fsp3) is 0.581. The predicted octanol–water partition coefficient (Wildman–Crippen LogP) is 6.52. The summed E-state index contributed by atoms with van der Waals surface area (Å²) in [6.07, 6.45) is 9.27. The van der Waals surface area contributed by atoms with Gasteiger partial charge in [-0.1, -0.05) is 119 Å². The Morgan fingerprint density at radius 2 is 1.12 bits per heavy atom. The van der Waals surface area contributed by atoms with Gasteiger partial charge in [-0.3, -0.25) is 4.79 Å². The molecule has 0 fully saturated rings. The third-order valence-electron chi connectivity index (χ3n) is 8.74. The number of nitrogens with one attached hydrogen (secondary N) is 2. The van der Waals surface area contributed by atoms with Gasteiger partial charge in [0.1, 0.15) is 30.9 Å². The Hall–Kier alpha value is -5.14. The van der Waals surface area contributed by atoms with Crippen LogP contribution in [0.25, 0.3) is 0 Å². The van der Waals surface area contributed by atoms with Gasteiger partial charge >= 0.3 is 24.0 Å². The molecule has 2 amide bonds. The van der Waals surface area contributed by atoms with Crippen molar-refractivity contribution in [1.29, 1.82) is 0 Å². The molecule has 316 valence electrons. The average molecular weight is 796 g/mol. The summed E-state index contributed by atoms with van der Waals surface area (Å²) in [6, 6.07) is 14.8. The number of hydrogen-bond acceptors (Lipinski definition) is 10. The number of carbonyl (C=O) groups excluding carboxylic acids is 5. The van der Waals surface area contributed by atoms with Crippen molar-refractivity contribution in [2.45, 2.75) is 155 Å². The number of guanidine groups is 1. The van der Waals surface area contributed by atoms with E-state index in [4.69, 9.17) is 30.4 Å². The second-order valence-electron chi connectivity index (χ2n) is 15.0. The Kier molecular flexibility index (Phi) is 23.1. The lowest BCUT2D eigenvalue weighted by atomic mass is 10.0. The van der Waals surface area contributed by atoms with E-state index in [-0.39, 0.29) is 57.9 Å². The molecule has 0 aliphatic carbocycles. The highest BCUT2D eigenvalue weighted by Gasteiger charge is 2.29. The van der Waals surface area contributed by atoms with E-state index in [1.807, 2.05) is 36.4 Å². The third-order valence-corrected chi connectivity index (χ3v) is 8.74. The number of unbranched alkanes of at least 4 members (excludes halogenated alkanes) is 8. The van der Waals surface area contributed by atoms with Gasteiger partial charge in [0, 0.05) is 6.42 Å². The van der Waals surface area contributed by atoms with Crippen molar-refractivity contribution < 1.29 is 42.9 Å². The molecule has 2 aromatic rings. The van der Waals surface area contributed by atoms with Crippen molar-refractivity contribution in [3.63, 3.8) is 0 Å². The molecule has 0 aliphatic rings. The molecule has 2 unspecified atom stereocenters. The molecule has 3 atom stereocenters. The van der Waals surface area contributed by atoms with Gasteiger partial charge in [0.25, 0.3) is 0 Å². The lowest BCUT2D eigenvalue weighted by molar-refractivity contribution is -0.150. The van der Waals surface area contributed by atoms with Crippen LogP contribution < -0.4 is 22.1 Å². The molecular formula is C43H65N5O9. The van der Waals surface area contributed by atoms with Gasteiger partial charge in [-0.2, -0.15) is 0 Å². The normalized spacial score (nSPS) is 12.6. The highest BCUT2D eigenvalue weighted by atomic mass is 16.6. The molecule has 14 heteroatoms. The number of rotatable bonds is 27. The number of esters is 3. The molecule has 0 saturated carbocycles. The molecule has 14 nitrogen and oxygen atoms in total. The van der Waals surface area contributed by atoms with Gasteiger partial charge in [-0.15, -0.1) is 0 Å². The fourth-order valence-corrected chi connectivity index (χ4v) is 5.76. The second kappa shape index (κ2) is 27.5. The molecule has 57 heavy (non-hydrogen) atoms. The third kappa shape index (κ3) is 22.9. The van der Waals surface area contributed by atoms with Crippen LogP contribution in [0.15, 0.2) is 65.7 Å². The van der Waals surface area contributed by atoms with E-state index in [9.17, 15) is 24.0 Å². The van der Waals surface area contributed by atoms with Crippen molar-refractivity contribution in [3.05, 3.63) is 71.8 Å². The number of benzene rings is 2. The molecule has 0 radical (unpaired) electrons. The van der Waals surface area contributed by atoms with E-state index in [0.29, 0.717) is 6.42 Å². The summed E-state index contributed by atoms with van der Waals surface area (Å²) in [5, 5.41) is 5.28. The summed E-state index contributed by atoms with van der Waals surface area (Å²) in [7, 11) is 0. The van der Waals surface area contributed by atoms with Crippen molar-refractivity contribution in [2.24, 2.45) is 16.5 Å². The first-order chi connectivity index (χ1) is 27.3. The van der Waals surface area contributed by atoms with Crippen molar-refractivity contribution in [2.75, 3.05) is 6.61 Å². The highest BCUT2D eigenvalue weighted by molar-refractivity contribution is 5.86. The zero-order valence-corrected chi connectivity index (χ0v) is 34.3. The summed E-state index contributed by atoms with van der Waals surface area (Å²) in [6.45, 7) is 7.47. The van der Waals surface area contributed by atoms with E-state index in [0.717, 1.165) is 30.4 Å². The predicted molar refractivity (Wildman–Crippen MR) is 218 cm³/mol. The molecule has 0 saturated heterocycles. The molecule has 2 rings (SSSR count). The topological polar surface area (TPSA) is 211 Å². The monoisotopic (exact) mass is 795 g/mol. The lowest BCUT2D eigenvalue weighted by Gasteiger charge is -2.23. The van der Waals surface area contributed by atoms with Gasteiger partial charge in [-0.05, 0) is 64.0 Å². The van der Waals surface area contributed by atoms with Gasteiger partial charge in [0.05, 0.1) is 6.61 Å². The number of hydrogen-bond donors (Lipinski definition) is 4. The van der Waals surface area contributed by atoms with E-state index < -0.39 is 53.6 Å². The van der Waals surface area contributed by atoms with Crippen molar-refractivity contribution in [3.8, 4) is 0 Å². The number of ether oxygens (including phenoxy) is 4. The first-order valence-corrected chi connectivity index (χ1v) is 20.2. The number of carbonyl (C=O) groups is 5. The van der Waals surface area contributed by atoms with Gasteiger partial charge in [-0.25, -0.2) is 24.2 Å². The van der Waals surface area contributed by atoms with Crippen LogP contribution in [0.2, 0.25) is 0 Å². The van der Waals surface area contributed by atoms with Crippen LogP contribution in [0, 0.1) is 0 Å². The Labute approximate surface area is 338 Å². The smallest absolute Gasteiger partial charge is 0.408 e. The molecule has 6 N–H and O–H groups in total. The van der Waals surface area contributed by atoms with Crippen LogP contribution >= 0.6 is 0 Å². The number of nitrogens with two attached hydrogens (primary N) is 2. The van der Waals surface area contributed by atoms with E-state index >= 15 is 0 Å². The van der Waals surface area contributed by atoms with Crippen LogP contribution in [0.3, 0.4) is 0 Å². The maximum absolute atomic E-state index is 13.4. The first kappa shape index (κ1) is 48.0. The maximum atomic E-state index is 13.4. The maximum Gasteiger partial charge on any atom is 0.408 e. The Morgan fingerprint density at radius 3 is 1.61 bits per heavy atom. The second-order valence-corrected chi connectivity index (χ2v) is 15.0. The Bertz CT molecular complexity index is 1510. The van der Waals surface area contributed by atoms with Crippen LogP contribution in [-0.2, 0) is 51.3 Å². The van der Waals surface area contributed by atoms with Crippen LogP contribution in [-0.4, -0.2) is 66.2 Å². The lowest BCUT2D eigenvalue weighted by Crippen LogP contribution is -2.45. The first-order valence-electron chi connectivity index (χ1n) is 20.2. The molecule has 0 spiro atoms. The van der Waals surface area contributed by atoms with Gasteiger partial charge in [0.15, 0.2) is 12.0 Å². The molecule has 0 bridgehead atoms. The minimum atomic E-state index is -1.12. The zero-order chi connectivity index (χ0) is 41.9. The molecule has 0 aliphatic heterocycles. The standard InChI is InChI=1S/C43H65N5O9/c1-5-6-7-8-9-10-11-12-19-29-54-38(50)36(47-41(44)45)27-28-37(49)46-34(39(51)55-30-32-21-15-13-16-22-32)25-20-26-35(48-42(53)57-43(2,3)4)40(52)56-31-33-23-17-14-18-24-33/h13-18,21-24,34-36H,5-12,19-20,25-31H2,1-4H3,(H,46,49)(H,48,53)(H4,44,45,47)/t34?,35?,36-/m1/s1. The molecule has 0 heterocycles. The van der Waals surface area contributed by atoms with E-state index in [2.05, 4.69) is 22.5 Å². The fourth-order valence-electron chi connectivity index (χ4n) is 5.76. The molecular weight excluding hydrogens is 730 g/mol. The SMILES string of the molecule is CCCCCCCCCCCOC(=O)[C@@H](CCC(=O)NC(CCCC(NC(=O)OC(C)(C)C)C(=O)OCc1ccccc1)C(=O)OCc1ccccc1)N=C(N)N. The van der Waals surface area contributed by atoms with Crippen LogP contribution in [0.5, 0.6) is 0 Å². The minimum Gasteiger partial charge on any atom is -0.464 e. The number of nitrogens with zero attached hydrogens (tertiary/aromatic N) is 1. The van der Waals surface area contributed by atoms with Crippen molar-refractivity contribution >= 4 is 35.9 Å². The molecule has 2 aromatic carbocycles. The average Bonchev–Trinajstić information content (AvgIpc) is 3.17. The number of alkyl carbamates (subject to hydrolysis) is 1. The van der Waals surface area contributed by atoms with Crippen LogP contribution in [0.4, 0.5) is 4.79 Å². The van der Waals surface area contributed by atoms with E-state index in [1.54, 1.807) is 45.0 Å².